The van der Waals surface area contributed by atoms with Crippen LogP contribution in [-0.2, 0) is 38.5 Å². The fourth-order valence-electron chi connectivity index (χ4n) is 3.03. The van der Waals surface area contributed by atoms with Gasteiger partial charge in [0.2, 0.25) is 6.29 Å². The molecule has 38 heavy (non-hydrogen) atoms. The third-order valence-corrected chi connectivity index (χ3v) is 5.70. The minimum atomic E-state index is -3.52. The maximum atomic E-state index is 13.0. The molecule has 16 heteroatoms. The van der Waals surface area contributed by atoms with E-state index in [1.165, 1.54) is 24.3 Å². The predicted molar refractivity (Wildman–Crippen MR) is 124 cm³/mol. The number of sulfone groups is 1. The van der Waals surface area contributed by atoms with Crippen LogP contribution >= 0.6 is 0 Å². The van der Waals surface area contributed by atoms with Gasteiger partial charge in [0.15, 0.2) is 9.84 Å². The normalized spacial score (nSPS) is 12.4. The van der Waals surface area contributed by atoms with Gasteiger partial charge in [0.25, 0.3) is 0 Å². The van der Waals surface area contributed by atoms with Crippen molar-refractivity contribution in [1.29, 1.82) is 0 Å². The molecule has 0 saturated carbocycles. The van der Waals surface area contributed by atoms with Gasteiger partial charge in [-0.25, -0.2) is 27.7 Å². The molecule has 0 heterocycles. The lowest BCUT2D eigenvalue weighted by Crippen LogP contribution is -2.35. The molecule has 208 valence electrons. The summed E-state index contributed by atoms with van der Waals surface area (Å²) in [5.41, 5.74) is 0.923. The average molecular weight is 559 g/mol. The summed E-state index contributed by atoms with van der Waals surface area (Å²) in [6.45, 7) is 0.166. The molecule has 0 radical (unpaired) electrons. The van der Waals surface area contributed by atoms with Crippen molar-refractivity contribution in [1.82, 2.24) is 10.8 Å². The third-order valence-electron chi connectivity index (χ3n) is 4.57. The molecule has 15 nitrogen and oxygen atoms in total. The van der Waals surface area contributed by atoms with E-state index in [1.54, 1.807) is 37.3 Å². The van der Waals surface area contributed by atoms with E-state index in [1.807, 2.05) is 0 Å². The summed E-state index contributed by atoms with van der Waals surface area (Å²) in [6.07, 6.45) is -2.24. The van der Waals surface area contributed by atoms with Crippen LogP contribution in [0.3, 0.4) is 0 Å². The van der Waals surface area contributed by atoms with Gasteiger partial charge in [-0.2, -0.15) is 0 Å². The minimum absolute atomic E-state index is 0.0213. The molecule has 0 bridgehead atoms. The summed E-state index contributed by atoms with van der Waals surface area (Å²) < 4.78 is 38.8. The van der Waals surface area contributed by atoms with E-state index < -0.39 is 52.2 Å². The van der Waals surface area contributed by atoms with E-state index >= 15 is 0 Å². The summed E-state index contributed by atoms with van der Waals surface area (Å²) in [6, 6.07) is 13.8. The average Bonchev–Trinajstić information content (AvgIpc) is 2.84. The zero-order chi connectivity index (χ0) is 28.3. The molecule has 0 atom stereocenters. The molecule has 4 N–H and O–H groups in total. The highest BCUT2D eigenvalue weighted by Gasteiger charge is 2.24. The van der Waals surface area contributed by atoms with Gasteiger partial charge >= 0.3 is 12.1 Å². The Kier molecular flexibility index (Phi) is 11.7. The summed E-state index contributed by atoms with van der Waals surface area (Å²) in [4.78, 5) is 33.6. The fraction of sp³-hybridized carbons (Fsp3) is 0.273. The quantitative estimate of drug-likeness (QED) is 0.0914. The van der Waals surface area contributed by atoms with Gasteiger partial charge in [-0.1, -0.05) is 42.5 Å². The molecule has 2 aromatic rings. The first-order valence-electron chi connectivity index (χ1n) is 10.7. The van der Waals surface area contributed by atoms with Gasteiger partial charge in [-0.05, 0) is 30.2 Å². The van der Waals surface area contributed by atoms with Gasteiger partial charge < -0.3 is 14.2 Å². The molecule has 0 aliphatic rings. The Labute approximate surface area is 216 Å². The number of rotatable bonds is 13. The first-order valence-corrected chi connectivity index (χ1v) is 12.6. The van der Waals surface area contributed by atoms with Crippen LogP contribution in [0, 0.1) is 0 Å². The van der Waals surface area contributed by atoms with Crippen molar-refractivity contribution in [3.05, 3.63) is 65.7 Å². The first kappa shape index (κ1) is 30.8. The first-order chi connectivity index (χ1) is 17.9. The Balaban J connectivity index is 2.40. The molecular formula is C22H26N2O13S. The highest BCUT2D eigenvalue weighted by atomic mass is 32.2. The predicted octanol–water partition coefficient (Wildman–Crippen LogP) is 2.07. The molecule has 2 aromatic carbocycles. The number of esters is 1. The van der Waals surface area contributed by atoms with Crippen LogP contribution in [0.15, 0.2) is 59.5 Å². The molecule has 0 saturated heterocycles. The summed E-state index contributed by atoms with van der Waals surface area (Å²) in [5.74, 6) is -0.739. The zero-order valence-electron chi connectivity index (χ0n) is 20.2. The number of ether oxygens (including phenoxy) is 3. The van der Waals surface area contributed by atoms with Crippen molar-refractivity contribution in [2.24, 2.45) is 0 Å². The molecule has 0 aliphatic heterocycles. The van der Waals surface area contributed by atoms with Crippen LogP contribution in [0.5, 0.6) is 0 Å². The van der Waals surface area contributed by atoms with Crippen LogP contribution in [0.25, 0.3) is 11.1 Å². The Morgan fingerprint density at radius 1 is 0.842 bits per heavy atom. The van der Waals surface area contributed by atoms with E-state index in [9.17, 15) is 18.0 Å². The number of carbonyl (C=O) groups excluding carboxylic acids is 2. The number of hydrogen-bond acceptors (Lipinski definition) is 15. The molecule has 0 unspecified atom stereocenters. The molecule has 0 aliphatic carbocycles. The van der Waals surface area contributed by atoms with Crippen molar-refractivity contribution >= 4 is 33.1 Å². The lowest BCUT2D eigenvalue weighted by atomic mass is 9.95. The highest BCUT2D eigenvalue weighted by Crippen LogP contribution is 2.29. The Bertz CT molecular complexity index is 1190. The van der Waals surface area contributed by atoms with Crippen molar-refractivity contribution < 1.29 is 62.7 Å². The summed E-state index contributed by atoms with van der Waals surface area (Å²) in [7, 11) is -3.52. The SMILES string of the molecule is CCOC(=O)/C(=C(\COC(=O)OCC(ON(O)O)ON(O)O)c1ccc(S(C)(=O)=O)cc1)c1ccccc1. The van der Waals surface area contributed by atoms with Crippen molar-refractivity contribution in [2.75, 3.05) is 26.1 Å². The van der Waals surface area contributed by atoms with Crippen LogP contribution in [0.4, 0.5) is 4.79 Å². The number of benzene rings is 2. The smallest absolute Gasteiger partial charge is 0.462 e. The van der Waals surface area contributed by atoms with Gasteiger partial charge in [-0.3, -0.25) is 20.8 Å². The van der Waals surface area contributed by atoms with Gasteiger partial charge in [0.05, 0.1) is 27.9 Å². The number of nitrogens with zero attached hydrogens (tertiary/aromatic N) is 2. The van der Waals surface area contributed by atoms with Gasteiger partial charge in [0, 0.05) is 11.8 Å². The standard InChI is InChI=1S/C22H26N2O13S/c1-3-33-21(25)20(16-7-5-4-6-8-16)18(15-9-11-17(12-10-15)38(2,31)32)13-34-22(26)35-14-19(36-23(27)28)37-24(29)30/h4-12,19,27-30H,3,13-14H2,1-2H3/b20-18+. The molecule has 0 spiro atoms. The monoisotopic (exact) mass is 558 g/mol. The second-order valence-corrected chi connectivity index (χ2v) is 9.25. The topological polar surface area (TPSA) is 202 Å². The Morgan fingerprint density at radius 2 is 1.42 bits per heavy atom. The lowest BCUT2D eigenvalue weighted by Gasteiger charge is -2.19. The summed E-state index contributed by atoms with van der Waals surface area (Å²) in [5, 5.41) is 33.1. The van der Waals surface area contributed by atoms with Crippen molar-refractivity contribution in [2.45, 2.75) is 18.1 Å². The fourth-order valence-corrected chi connectivity index (χ4v) is 3.66. The zero-order valence-corrected chi connectivity index (χ0v) is 21.0. The van der Waals surface area contributed by atoms with E-state index in [0.29, 0.717) is 11.1 Å². The minimum Gasteiger partial charge on any atom is -0.462 e. The molecule has 2 rings (SSSR count). The van der Waals surface area contributed by atoms with Crippen molar-refractivity contribution in [3.63, 3.8) is 0 Å². The molecular weight excluding hydrogens is 532 g/mol. The number of hydrogen-bond donors (Lipinski definition) is 4. The molecule has 0 aromatic heterocycles. The second-order valence-electron chi connectivity index (χ2n) is 7.23. The maximum Gasteiger partial charge on any atom is 0.508 e. The van der Waals surface area contributed by atoms with E-state index in [4.69, 9.17) is 35.0 Å². The van der Waals surface area contributed by atoms with E-state index in [0.717, 1.165) is 6.26 Å². The van der Waals surface area contributed by atoms with Crippen LogP contribution < -0.4 is 0 Å². The van der Waals surface area contributed by atoms with Crippen molar-refractivity contribution in [3.8, 4) is 0 Å². The highest BCUT2D eigenvalue weighted by molar-refractivity contribution is 7.90. The van der Waals surface area contributed by atoms with Gasteiger partial charge in [0.1, 0.15) is 13.2 Å². The number of carbonyl (C=O) groups is 2. The second kappa shape index (κ2) is 14.5. The van der Waals surface area contributed by atoms with E-state index in [2.05, 4.69) is 9.68 Å². The molecule has 0 amide bonds. The Hall–Kier alpha value is -3.45. The lowest BCUT2D eigenvalue weighted by molar-refractivity contribution is -0.585. The van der Waals surface area contributed by atoms with Gasteiger partial charge in [-0.15, -0.1) is 0 Å². The van der Waals surface area contributed by atoms with Crippen LogP contribution in [0.1, 0.15) is 18.1 Å². The van der Waals surface area contributed by atoms with Crippen LogP contribution in [-0.4, -0.2) is 84.5 Å². The Morgan fingerprint density at radius 3 is 1.92 bits per heavy atom. The maximum absolute atomic E-state index is 13.0. The third kappa shape index (κ3) is 9.78. The van der Waals surface area contributed by atoms with E-state index in [-0.39, 0.29) is 22.6 Å². The largest absolute Gasteiger partial charge is 0.508 e. The molecule has 0 fully saturated rings. The van der Waals surface area contributed by atoms with Crippen LogP contribution in [0.2, 0.25) is 0 Å². The summed E-state index contributed by atoms with van der Waals surface area (Å²) >= 11 is 0.